The first kappa shape index (κ1) is 14.4. The largest absolute Gasteiger partial charge is 0.383 e. The number of hydrogen-bond donors (Lipinski definition) is 1. The smallest absolute Gasteiger partial charge is 0.236 e. The molecule has 0 aliphatic rings. The van der Waals surface area contributed by atoms with E-state index in [1.807, 2.05) is 0 Å². The fourth-order valence-electron chi connectivity index (χ4n) is 1.29. The van der Waals surface area contributed by atoms with Crippen molar-refractivity contribution in [1.29, 1.82) is 0 Å². The highest BCUT2D eigenvalue weighted by Crippen LogP contribution is 2.00. The number of rotatable bonds is 8. The Balaban J connectivity index is 3.78. The molecule has 4 heteroatoms. The molecule has 0 bridgehead atoms. The number of carbonyl (C=O) groups excluding carboxylic acids is 1. The van der Waals surface area contributed by atoms with E-state index < -0.39 is 0 Å². The lowest BCUT2D eigenvalue weighted by molar-refractivity contribution is -0.127. The molecule has 0 fully saturated rings. The highest BCUT2D eigenvalue weighted by Gasteiger charge is 2.10. The molecule has 0 aromatic carbocycles. The SMILES string of the molecule is CCCCC(COC)NCC(=O)N(C)C. The van der Waals surface area contributed by atoms with Gasteiger partial charge in [0.25, 0.3) is 0 Å². The lowest BCUT2D eigenvalue weighted by Gasteiger charge is -2.18. The summed E-state index contributed by atoms with van der Waals surface area (Å²) in [5.74, 6) is 0.104. The molecule has 0 radical (unpaired) electrons. The molecule has 0 saturated heterocycles. The number of likely N-dealkylation sites (N-methyl/N-ethyl adjacent to an activating group) is 1. The maximum Gasteiger partial charge on any atom is 0.236 e. The average Bonchev–Trinajstić information content (AvgIpc) is 2.21. The van der Waals surface area contributed by atoms with Crippen LogP contribution >= 0.6 is 0 Å². The molecular weight excluding hydrogens is 192 g/mol. The van der Waals surface area contributed by atoms with Gasteiger partial charge in [-0.25, -0.2) is 0 Å². The number of carbonyl (C=O) groups is 1. The Morgan fingerprint density at radius 2 is 2.13 bits per heavy atom. The third kappa shape index (κ3) is 7.33. The van der Waals surface area contributed by atoms with Gasteiger partial charge in [-0.3, -0.25) is 4.79 Å². The molecule has 15 heavy (non-hydrogen) atoms. The van der Waals surface area contributed by atoms with Crippen LogP contribution in [0.25, 0.3) is 0 Å². The normalized spacial score (nSPS) is 12.5. The summed E-state index contributed by atoms with van der Waals surface area (Å²) in [6, 6.07) is 0.291. The van der Waals surface area contributed by atoms with Crippen molar-refractivity contribution in [3.05, 3.63) is 0 Å². The average molecular weight is 216 g/mol. The van der Waals surface area contributed by atoms with E-state index in [4.69, 9.17) is 4.74 Å². The maximum atomic E-state index is 11.3. The summed E-state index contributed by atoms with van der Waals surface area (Å²) >= 11 is 0. The molecule has 0 saturated carbocycles. The molecule has 4 nitrogen and oxygen atoms in total. The minimum Gasteiger partial charge on any atom is -0.383 e. The van der Waals surface area contributed by atoms with E-state index in [1.54, 1.807) is 26.1 Å². The van der Waals surface area contributed by atoms with Gasteiger partial charge in [-0.1, -0.05) is 19.8 Å². The van der Waals surface area contributed by atoms with E-state index in [1.165, 1.54) is 6.42 Å². The summed E-state index contributed by atoms with van der Waals surface area (Å²) in [5.41, 5.74) is 0. The van der Waals surface area contributed by atoms with Gasteiger partial charge in [0.1, 0.15) is 0 Å². The molecule has 0 aliphatic carbocycles. The summed E-state index contributed by atoms with van der Waals surface area (Å²) in [6.45, 7) is 3.22. The molecule has 1 N–H and O–H groups in total. The molecule has 1 atom stereocenters. The molecule has 90 valence electrons. The lowest BCUT2D eigenvalue weighted by Crippen LogP contribution is -2.40. The van der Waals surface area contributed by atoms with E-state index in [-0.39, 0.29) is 5.91 Å². The number of nitrogens with one attached hydrogen (secondary N) is 1. The standard InChI is InChI=1S/C11H24N2O2/c1-5-6-7-10(9-15-4)12-8-11(14)13(2)3/h10,12H,5-9H2,1-4H3. The van der Waals surface area contributed by atoms with Crippen LogP contribution in [0.2, 0.25) is 0 Å². The monoisotopic (exact) mass is 216 g/mol. The number of hydrogen-bond acceptors (Lipinski definition) is 3. The van der Waals surface area contributed by atoms with Gasteiger partial charge in [0.2, 0.25) is 5.91 Å². The second-order valence-electron chi connectivity index (χ2n) is 3.96. The first-order valence-electron chi connectivity index (χ1n) is 5.54. The van der Waals surface area contributed by atoms with E-state index in [0.717, 1.165) is 12.8 Å². The summed E-state index contributed by atoms with van der Waals surface area (Å²) in [6.07, 6.45) is 3.39. The number of methoxy groups -OCH3 is 1. The van der Waals surface area contributed by atoms with Crippen molar-refractivity contribution >= 4 is 5.91 Å². The third-order valence-corrected chi connectivity index (χ3v) is 2.31. The van der Waals surface area contributed by atoms with Gasteiger partial charge in [0, 0.05) is 27.2 Å². The van der Waals surface area contributed by atoms with Crippen LogP contribution in [0.3, 0.4) is 0 Å². The van der Waals surface area contributed by atoms with Crippen LogP contribution < -0.4 is 5.32 Å². The number of ether oxygens (including phenoxy) is 1. The van der Waals surface area contributed by atoms with Crippen molar-refractivity contribution in [1.82, 2.24) is 10.2 Å². The molecule has 0 aliphatic heterocycles. The van der Waals surface area contributed by atoms with Crippen LogP contribution in [0.4, 0.5) is 0 Å². The maximum absolute atomic E-state index is 11.3. The first-order chi connectivity index (χ1) is 7.11. The molecule has 0 rings (SSSR count). The zero-order chi connectivity index (χ0) is 11.7. The Hall–Kier alpha value is -0.610. The van der Waals surface area contributed by atoms with Gasteiger partial charge < -0.3 is 15.0 Å². The Labute approximate surface area is 93.0 Å². The molecule has 1 amide bonds. The number of unbranched alkanes of at least 4 members (excludes halogenated alkanes) is 1. The van der Waals surface area contributed by atoms with Gasteiger partial charge >= 0.3 is 0 Å². The van der Waals surface area contributed by atoms with Crippen LogP contribution in [0.1, 0.15) is 26.2 Å². The molecule has 0 aromatic rings. The summed E-state index contributed by atoms with van der Waals surface area (Å²) < 4.78 is 5.11. The molecule has 0 heterocycles. The highest BCUT2D eigenvalue weighted by atomic mass is 16.5. The Kier molecular flexibility index (Phi) is 8.33. The van der Waals surface area contributed by atoms with Gasteiger partial charge in [-0.15, -0.1) is 0 Å². The van der Waals surface area contributed by atoms with Crippen molar-refractivity contribution in [2.45, 2.75) is 32.2 Å². The van der Waals surface area contributed by atoms with Crippen molar-refractivity contribution in [3.8, 4) is 0 Å². The van der Waals surface area contributed by atoms with E-state index in [2.05, 4.69) is 12.2 Å². The number of nitrogens with zero attached hydrogens (tertiary/aromatic N) is 1. The van der Waals surface area contributed by atoms with Crippen LogP contribution in [0.5, 0.6) is 0 Å². The van der Waals surface area contributed by atoms with Crippen LogP contribution in [0.15, 0.2) is 0 Å². The fraction of sp³-hybridized carbons (Fsp3) is 0.909. The Morgan fingerprint density at radius 3 is 2.60 bits per heavy atom. The molecule has 0 spiro atoms. The van der Waals surface area contributed by atoms with E-state index in [0.29, 0.717) is 19.2 Å². The van der Waals surface area contributed by atoms with Crippen LogP contribution in [0, 0.1) is 0 Å². The minimum atomic E-state index is 0.104. The van der Waals surface area contributed by atoms with Crippen LogP contribution in [-0.4, -0.2) is 51.2 Å². The van der Waals surface area contributed by atoms with E-state index >= 15 is 0 Å². The minimum absolute atomic E-state index is 0.104. The second kappa shape index (κ2) is 8.68. The lowest BCUT2D eigenvalue weighted by atomic mass is 10.1. The van der Waals surface area contributed by atoms with Crippen molar-refractivity contribution in [2.75, 3.05) is 34.4 Å². The first-order valence-corrected chi connectivity index (χ1v) is 5.54. The van der Waals surface area contributed by atoms with Gasteiger partial charge in [-0.2, -0.15) is 0 Å². The Bertz CT molecular complexity index is 172. The molecule has 1 unspecified atom stereocenters. The van der Waals surface area contributed by atoms with Gasteiger partial charge in [0.05, 0.1) is 13.2 Å². The predicted molar refractivity (Wildman–Crippen MR) is 61.9 cm³/mol. The second-order valence-corrected chi connectivity index (χ2v) is 3.96. The zero-order valence-corrected chi connectivity index (χ0v) is 10.4. The third-order valence-electron chi connectivity index (χ3n) is 2.31. The van der Waals surface area contributed by atoms with Crippen molar-refractivity contribution < 1.29 is 9.53 Å². The highest BCUT2D eigenvalue weighted by molar-refractivity contribution is 5.77. The molecular formula is C11H24N2O2. The quantitative estimate of drug-likeness (QED) is 0.654. The van der Waals surface area contributed by atoms with Gasteiger partial charge in [0.15, 0.2) is 0 Å². The van der Waals surface area contributed by atoms with Crippen molar-refractivity contribution in [3.63, 3.8) is 0 Å². The number of amides is 1. The topological polar surface area (TPSA) is 41.6 Å². The van der Waals surface area contributed by atoms with Gasteiger partial charge in [-0.05, 0) is 6.42 Å². The zero-order valence-electron chi connectivity index (χ0n) is 10.4. The summed E-state index contributed by atoms with van der Waals surface area (Å²) in [5, 5.41) is 3.22. The van der Waals surface area contributed by atoms with Crippen molar-refractivity contribution in [2.24, 2.45) is 0 Å². The van der Waals surface area contributed by atoms with E-state index in [9.17, 15) is 4.79 Å². The summed E-state index contributed by atoms with van der Waals surface area (Å²) in [4.78, 5) is 12.9. The Morgan fingerprint density at radius 1 is 1.47 bits per heavy atom. The summed E-state index contributed by atoms with van der Waals surface area (Å²) in [7, 11) is 5.22. The van der Waals surface area contributed by atoms with Crippen LogP contribution in [-0.2, 0) is 9.53 Å². The fourth-order valence-corrected chi connectivity index (χ4v) is 1.29. The predicted octanol–water partition coefficient (Wildman–Crippen LogP) is 0.869. The molecule has 0 aromatic heterocycles.